The van der Waals surface area contributed by atoms with E-state index in [1.165, 1.54) is 7.11 Å². The fourth-order valence-corrected chi connectivity index (χ4v) is 2.64. The van der Waals surface area contributed by atoms with Crippen molar-refractivity contribution in [3.63, 3.8) is 0 Å². The summed E-state index contributed by atoms with van der Waals surface area (Å²) in [5.74, 6) is -1.19. The molecule has 4 atom stereocenters. The number of hydrogen-bond donors (Lipinski definition) is 1. The van der Waals surface area contributed by atoms with Crippen molar-refractivity contribution in [2.45, 2.75) is 64.5 Å². The van der Waals surface area contributed by atoms with Crippen LogP contribution >= 0.6 is 0 Å². The van der Waals surface area contributed by atoms with Crippen molar-refractivity contribution in [1.29, 1.82) is 0 Å². The maximum Gasteiger partial charge on any atom is 0.311 e. The van der Waals surface area contributed by atoms with Gasteiger partial charge in [0.2, 0.25) is 0 Å². The summed E-state index contributed by atoms with van der Waals surface area (Å²) in [6.07, 6.45) is -1.75. The lowest BCUT2D eigenvalue weighted by Gasteiger charge is -2.33. The Morgan fingerprint density at radius 2 is 1.86 bits per heavy atom. The van der Waals surface area contributed by atoms with Gasteiger partial charge < -0.3 is 28.8 Å². The van der Waals surface area contributed by atoms with Gasteiger partial charge in [-0.1, -0.05) is 0 Å². The van der Waals surface area contributed by atoms with Crippen LogP contribution in [0.25, 0.3) is 0 Å². The van der Waals surface area contributed by atoms with Crippen molar-refractivity contribution in [2.75, 3.05) is 20.3 Å². The number of aliphatic hydroxyl groups excluding tert-OH is 1. The summed E-state index contributed by atoms with van der Waals surface area (Å²) in [6, 6.07) is 0. The van der Waals surface area contributed by atoms with E-state index in [0.29, 0.717) is 0 Å². The molecule has 2 aliphatic heterocycles. The van der Waals surface area contributed by atoms with E-state index in [2.05, 4.69) is 0 Å². The van der Waals surface area contributed by atoms with Gasteiger partial charge in [0.15, 0.2) is 17.7 Å². The zero-order valence-electron chi connectivity index (χ0n) is 14.0. The summed E-state index contributed by atoms with van der Waals surface area (Å²) >= 11 is 0. The Hall–Kier alpha value is -0.730. The third-order valence-electron chi connectivity index (χ3n) is 3.83. The van der Waals surface area contributed by atoms with Crippen LogP contribution in [0.4, 0.5) is 0 Å². The number of fused-ring (bicyclic) bond motifs is 1. The summed E-state index contributed by atoms with van der Waals surface area (Å²) in [5, 5.41) is 9.86. The van der Waals surface area contributed by atoms with Gasteiger partial charge in [0.1, 0.15) is 18.8 Å². The van der Waals surface area contributed by atoms with Crippen molar-refractivity contribution < 1.29 is 33.6 Å². The van der Waals surface area contributed by atoms with E-state index >= 15 is 0 Å². The van der Waals surface area contributed by atoms with Gasteiger partial charge in [0.25, 0.3) is 0 Å². The van der Waals surface area contributed by atoms with Gasteiger partial charge in [-0.3, -0.25) is 4.79 Å². The summed E-state index contributed by atoms with van der Waals surface area (Å²) in [7, 11) is 1.49. The molecule has 0 aromatic heterocycles. The molecule has 0 aromatic carbocycles. The lowest BCUT2D eigenvalue weighted by atomic mass is 9.95. The van der Waals surface area contributed by atoms with Gasteiger partial charge in [-0.05, 0) is 34.6 Å². The van der Waals surface area contributed by atoms with Crippen molar-refractivity contribution >= 4 is 5.97 Å². The quantitative estimate of drug-likeness (QED) is 0.769. The minimum absolute atomic E-state index is 0.125. The van der Waals surface area contributed by atoms with Crippen LogP contribution in [0.15, 0.2) is 0 Å². The van der Waals surface area contributed by atoms with Crippen LogP contribution in [0.5, 0.6) is 0 Å². The average molecular weight is 318 g/mol. The van der Waals surface area contributed by atoms with Gasteiger partial charge in [-0.2, -0.15) is 0 Å². The monoisotopic (exact) mass is 318 g/mol. The highest BCUT2D eigenvalue weighted by molar-refractivity contribution is 5.75. The first-order valence-corrected chi connectivity index (χ1v) is 7.39. The lowest BCUT2D eigenvalue weighted by molar-refractivity contribution is -0.264. The molecule has 2 heterocycles. The molecule has 0 amide bonds. The van der Waals surface area contributed by atoms with Crippen molar-refractivity contribution in [2.24, 2.45) is 5.41 Å². The Morgan fingerprint density at radius 1 is 1.23 bits per heavy atom. The maximum absolute atomic E-state index is 12.0. The average Bonchev–Trinajstić information content (AvgIpc) is 2.87. The van der Waals surface area contributed by atoms with Gasteiger partial charge in [0, 0.05) is 7.11 Å². The molecular weight excluding hydrogens is 292 g/mol. The predicted octanol–water partition coefficient (Wildman–Crippen LogP) is 0.830. The zero-order valence-corrected chi connectivity index (χ0v) is 14.0. The Balaban J connectivity index is 2.16. The minimum atomic E-state index is -1.19. The maximum atomic E-state index is 12.0. The molecule has 0 spiro atoms. The predicted molar refractivity (Wildman–Crippen MR) is 75.9 cm³/mol. The fourth-order valence-electron chi connectivity index (χ4n) is 2.64. The number of rotatable bonds is 4. The normalized spacial score (nSPS) is 37.1. The highest BCUT2D eigenvalue weighted by atomic mass is 16.8. The number of methoxy groups -OCH3 is 1. The Morgan fingerprint density at radius 3 is 2.36 bits per heavy atom. The summed E-state index contributed by atoms with van der Waals surface area (Å²) in [5.41, 5.74) is -1.83. The van der Waals surface area contributed by atoms with Gasteiger partial charge in [-0.15, -0.1) is 0 Å². The van der Waals surface area contributed by atoms with E-state index in [-0.39, 0.29) is 19.2 Å². The van der Waals surface area contributed by atoms with Crippen LogP contribution in [0.3, 0.4) is 0 Å². The largest absolute Gasteiger partial charge is 0.462 e. The van der Waals surface area contributed by atoms with E-state index in [1.807, 2.05) is 0 Å². The van der Waals surface area contributed by atoms with E-state index in [0.717, 1.165) is 0 Å². The summed E-state index contributed by atoms with van der Waals surface area (Å²) < 4.78 is 28.0. The second-order valence-corrected chi connectivity index (χ2v) is 7.29. The number of aliphatic hydroxyl groups is 1. The fraction of sp³-hybridized carbons (Fsp3) is 0.933. The van der Waals surface area contributed by atoms with E-state index < -0.39 is 35.3 Å². The molecule has 7 nitrogen and oxygen atoms in total. The van der Waals surface area contributed by atoms with Crippen LogP contribution in [-0.2, 0) is 28.5 Å². The Kier molecular flexibility index (Phi) is 4.58. The van der Waals surface area contributed by atoms with Crippen LogP contribution in [0.2, 0.25) is 0 Å². The number of carbonyl (C=O) groups is 1. The highest BCUT2D eigenvalue weighted by Gasteiger charge is 2.63. The van der Waals surface area contributed by atoms with E-state index in [4.69, 9.17) is 23.7 Å². The first-order valence-electron chi connectivity index (χ1n) is 7.39. The van der Waals surface area contributed by atoms with Crippen LogP contribution in [0, 0.1) is 5.41 Å². The van der Waals surface area contributed by atoms with Crippen LogP contribution in [-0.4, -0.2) is 61.3 Å². The van der Waals surface area contributed by atoms with E-state index in [1.54, 1.807) is 34.6 Å². The van der Waals surface area contributed by atoms with Crippen LogP contribution < -0.4 is 0 Å². The molecule has 2 aliphatic rings. The second-order valence-electron chi connectivity index (χ2n) is 7.29. The molecule has 0 bridgehead atoms. The third-order valence-corrected chi connectivity index (χ3v) is 3.83. The van der Waals surface area contributed by atoms with E-state index in [9.17, 15) is 9.90 Å². The van der Waals surface area contributed by atoms with Crippen molar-refractivity contribution in [3.8, 4) is 0 Å². The standard InChI is InChI=1S/C15H26O7/c1-13(2,3)12(17)19-8-15(7-16)10-9(11(18-6)22-15)20-14(4,5)21-10/h9-11,16H,7-8H2,1-6H3/t9-,10+,11-,15+/m1/s1. The first-order chi connectivity index (χ1) is 10.0. The van der Waals surface area contributed by atoms with Crippen molar-refractivity contribution in [3.05, 3.63) is 0 Å². The molecule has 2 rings (SSSR count). The number of carbonyl (C=O) groups excluding carboxylic acids is 1. The van der Waals surface area contributed by atoms with Crippen molar-refractivity contribution in [1.82, 2.24) is 0 Å². The van der Waals surface area contributed by atoms with Gasteiger partial charge >= 0.3 is 5.97 Å². The highest BCUT2D eigenvalue weighted by Crippen LogP contribution is 2.44. The molecule has 0 aliphatic carbocycles. The first kappa shape index (κ1) is 17.6. The summed E-state index contributed by atoms with van der Waals surface area (Å²) in [6.45, 7) is 8.34. The van der Waals surface area contributed by atoms with Gasteiger partial charge in [0.05, 0.1) is 12.0 Å². The molecule has 0 saturated carbocycles. The molecule has 0 aromatic rings. The number of esters is 1. The second kappa shape index (κ2) is 5.72. The molecular formula is C15H26O7. The molecule has 128 valence electrons. The molecule has 2 fully saturated rings. The lowest BCUT2D eigenvalue weighted by Crippen LogP contribution is -2.51. The molecule has 0 radical (unpaired) electrons. The molecule has 0 unspecified atom stereocenters. The Labute approximate surface area is 130 Å². The topological polar surface area (TPSA) is 83.5 Å². The number of ether oxygens (including phenoxy) is 5. The Bertz CT molecular complexity index is 428. The van der Waals surface area contributed by atoms with Gasteiger partial charge in [-0.25, -0.2) is 0 Å². The smallest absolute Gasteiger partial charge is 0.311 e. The molecule has 7 heteroatoms. The zero-order chi connectivity index (χ0) is 16.8. The third kappa shape index (κ3) is 3.14. The summed E-state index contributed by atoms with van der Waals surface area (Å²) in [4.78, 5) is 12.0. The number of hydrogen-bond acceptors (Lipinski definition) is 7. The SMILES string of the molecule is CO[C@@H]1O[C@@](CO)(COC(=O)C(C)(C)C)[C@H]2OC(C)(C)O[C@@H]12. The molecule has 2 saturated heterocycles. The molecule has 22 heavy (non-hydrogen) atoms. The van der Waals surface area contributed by atoms with Crippen LogP contribution in [0.1, 0.15) is 34.6 Å². The molecule has 1 N–H and O–H groups in total. The minimum Gasteiger partial charge on any atom is -0.462 e.